The van der Waals surface area contributed by atoms with E-state index in [0.29, 0.717) is 6.61 Å². The van der Waals surface area contributed by atoms with Gasteiger partial charge in [-0.2, -0.15) is 0 Å². The van der Waals surface area contributed by atoms with Gasteiger partial charge in [-0.3, -0.25) is 0 Å². The standard InChI is InChI=1S/C6H10O2/c1-7-6-2-4-8-5-3-6/h2H,3-5H2,1H3. The smallest absolute Gasteiger partial charge is 0.0961 e. The third kappa shape index (κ3) is 1.23. The largest absolute Gasteiger partial charge is 0.501 e. The van der Waals surface area contributed by atoms with Gasteiger partial charge in [0.15, 0.2) is 0 Å². The molecule has 0 radical (unpaired) electrons. The fourth-order valence-corrected chi connectivity index (χ4v) is 0.695. The zero-order valence-electron chi connectivity index (χ0n) is 5.02. The van der Waals surface area contributed by atoms with E-state index in [1.807, 2.05) is 6.08 Å². The van der Waals surface area contributed by atoms with Crippen molar-refractivity contribution in [3.05, 3.63) is 11.8 Å². The molecular weight excluding hydrogens is 104 g/mol. The van der Waals surface area contributed by atoms with Gasteiger partial charge in [-0.1, -0.05) is 0 Å². The molecule has 1 heterocycles. The summed E-state index contributed by atoms with van der Waals surface area (Å²) in [5.41, 5.74) is 0. The molecule has 0 atom stereocenters. The minimum Gasteiger partial charge on any atom is -0.501 e. The zero-order valence-corrected chi connectivity index (χ0v) is 5.02. The molecule has 0 aromatic rings. The number of rotatable bonds is 1. The highest BCUT2D eigenvalue weighted by molar-refractivity contribution is 4.95. The van der Waals surface area contributed by atoms with Crippen LogP contribution in [0.2, 0.25) is 0 Å². The van der Waals surface area contributed by atoms with E-state index in [1.165, 1.54) is 0 Å². The quantitative estimate of drug-likeness (QED) is 0.505. The van der Waals surface area contributed by atoms with Gasteiger partial charge in [0.2, 0.25) is 0 Å². The molecule has 0 bridgehead atoms. The van der Waals surface area contributed by atoms with E-state index in [0.717, 1.165) is 18.8 Å². The summed E-state index contributed by atoms with van der Waals surface area (Å²) in [6.07, 6.45) is 2.89. The van der Waals surface area contributed by atoms with Gasteiger partial charge >= 0.3 is 0 Å². The minimum absolute atomic E-state index is 0.711. The van der Waals surface area contributed by atoms with Crippen molar-refractivity contribution in [3.63, 3.8) is 0 Å². The van der Waals surface area contributed by atoms with Crippen molar-refractivity contribution in [2.45, 2.75) is 6.42 Å². The number of hydrogen-bond acceptors (Lipinski definition) is 2. The summed E-state index contributed by atoms with van der Waals surface area (Å²) in [5, 5.41) is 0. The van der Waals surface area contributed by atoms with Crippen LogP contribution in [0.3, 0.4) is 0 Å². The fraction of sp³-hybridized carbons (Fsp3) is 0.667. The van der Waals surface area contributed by atoms with Gasteiger partial charge in [0.05, 0.1) is 26.1 Å². The van der Waals surface area contributed by atoms with Crippen LogP contribution in [0.1, 0.15) is 6.42 Å². The monoisotopic (exact) mass is 114 g/mol. The van der Waals surface area contributed by atoms with Gasteiger partial charge in [0, 0.05) is 6.42 Å². The second kappa shape index (κ2) is 2.72. The van der Waals surface area contributed by atoms with Gasteiger partial charge in [-0.15, -0.1) is 0 Å². The van der Waals surface area contributed by atoms with E-state index in [4.69, 9.17) is 9.47 Å². The fourth-order valence-electron chi connectivity index (χ4n) is 0.695. The predicted octanol–water partition coefficient (Wildman–Crippen LogP) is 0.937. The molecule has 8 heavy (non-hydrogen) atoms. The molecule has 0 saturated heterocycles. The SMILES string of the molecule is COC1=CCOCC1. The summed E-state index contributed by atoms with van der Waals surface area (Å²) in [5.74, 6) is 1.05. The summed E-state index contributed by atoms with van der Waals surface area (Å²) in [6.45, 7) is 1.52. The molecule has 1 rings (SSSR count). The topological polar surface area (TPSA) is 18.5 Å². The second-order valence-electron chi connectivity index (χ2n) is 1.70. The van der Waals surface area contributed by atoms with Gasteiger partial charge < -0.3 is 9.47 Å². The Balaban J connectivity index is 2.37. The molecular formula is C6H10O2. The van der Waals surface area contributed by atoms with Crippen molar-refractivity contribution in [1.29, 1.82) is 0 Å². The molecule has 2 heteroatoms. The summed E-state index contributed by atoms with van der Waals surface area (Å²) < 4.78 is 10.0. The molecule has 1 aliphatic rings. The Morgan fingerprint density at radius 1 is 1.75 bits per heavy atom. The predicted molar refractivity (Wildman–Crippen MR) is 30.5 cm³/mol. The van der Waals surface area contributed by atoms with Crippen molar-refractivity contribution >= 4 is 0 Å². The van der Waals surface area contributed by atoms with Crippen LogP contribution in [0.15, 0.2) is 11.8 Å². The molecule has 0 aromatic carbocycles. The van der Waals surface area contributed by atoms with Crippen LogP contribution >= 0.6 is 0 Å². The summed E-state index contributed by atoms with van der Waals surface area (Å²) in [4.78, 5) is 0. The maximum atomic E-state index is 5.05. The van der Waals surface area contributed by atoms with Crippen molar-refractivity contribution in [2.24, 2.45) is 0 Å². The van der Waals surface area contributed by atoms with E-state index in [1.54, 1.807) is 7.11 Å². The lowest BCUT2D eigenvalue weighted by Crippen LogP contribution is -2.04. The van der Waals surface area contributed by atoms with E-state index in [9.17, 15) is 0 Å². The highest BCUT2D eigenvalue weighted by atomic mass is 16.5. The molecule has 0 aromatic heterocycles. The molecule has 0 aliphatic carbocycles. The van der Waals surface area contributed by atoms with E-state index >= 15 is 0 Å². The minimum atomic E-state index is 0.711. The Morgan fingerprint density at radius 3 is 3.00 bits per heavy atom. The lowest BCUT2D eigenvalue weighted by atomic mass is 10.3. The lowest BCUT2D eigenvalue weighted by molar-refractivity contribution is 0.126. The first kappa shape index (κ1) is 5.63. The summed E-state index contributed by atoms with van der Waals surface area (Å²) >= 11 is 0. The number of methoxy groups -OCH3 is 1. The third-order valence-electron chi connectivity index (χ3n) is 1.18. The highest BCUT2D eigenvalue weighted by Gasteiger charge is 2.00. The van der Waals surface area contributed by atoms with E-state index in [-0.39, 0.29) is 0 Å². The Bertz CT molecular complexity index is 96.7. The van der Waals surface area contributed by atoms with E-state index in [2.05, 4.69) is 0 Å². The van der Waals surface area contributed by atoms with Crippen molar-refractivity contribution < 1.29 is 9.47 Å². The molecule has 0 amide bonds. The van der Waals surface area contributed by atoms with Crippen LogP contribution in [0.25, 0.3) is 0 Å². The summed E-state index contributed by atoms with van der Waals surface area (Å²) in [7, 11) is 1.69. The van der Waals surface area contributed by atoms with Crippen LogP contribution in [0.5, 0.6) is 0 Å². The van der Waals surface area contributed by atoms with Gasteiger partial charge in [0.25, 0.3) is 0 Å². The van der Waals surface area contributed by atoms with Gasteiger partial charge in [-0.25, -0.2) is 0 Å². The molecule has 0 spiro atoms. The van der Waals surface area contributed by atoms with Crippen LogP contribution in [-0.2, 0) is 9.47 Å². The highest BCUT2D eigenvalue weighted by Crippen LogP contribution is 2.06. The Labute approximate surface area is 49.1 Å². The van der Waals surface area contributed by atoms with Crippen LogP contribution in [-0.4, -0.2) is 20.3 Å². The Morgan fingerprint density at radius 2 is 2.62 bits per heavy atom. The molecule has 0 saturated carbocycles. The molecule has 46 valence electrons. The first-order chi connectivity index (χ1) is 3.93. The second-order valence-corrected chi connectivity index (χ2v) is 1.70. The number of ether oxygens (including phenoxy) is 2. The maximum Gasteiger partial charge on any atom is 0.0961 e. The lowest BCUT2D eigenvalue weighted by Gasteiger charge is -2.10. The average Bonchev–Trinajstić information content (AvgIpc) is 1.90. The maximum absolute atomic E-state index is 5.05. The van der Waals surface area contributed by atoms with Gasteiger partial charge in [0.1, 0.15) is 0 Å². The molecule has 0 fully saturated rings. The van der Waals surface area contributed by atoms with Crippen molar-refractivity contribution in [3.8, 4) is 0 Å². The van der Waals surface area contributed by atoms with Crippen LogP contribution < -0.4 is 0 Å². The zero-order chi connectivity index (χ0) is 5.82. The first-order valence-electron chi connectivity index (χ1n) is 2.74. The van der Waals surface area contributed by atoms with Crippen molar-refractivity contribution in [2.75, 3.05) is 20.3 Å². The first-order valence-corrected chi connectivity index (χ1v) is 2.74. The normalized spacial score (nSPS) is 19.9. The van der Waals surface area contributed by atoms with Gasteiger partial charge in [-0.05, 0) is 6.08 Å². The van der Waals surface area contributed by atoms with Crippen LogP contribution in [0.4, 0.5) is 0 Å². The molecule has 1 aliphatic heterocycles. The molecule has 0 unspecified atom stereocenters. The third-order valence-corrected chi connectivity index (χ3v) is 1.18. The average molecular weight is 114 g/mol. The Kier molecular flexibility index (Phi) is 1.92. The summed E-state index contributed by atoms with van der Waals surface area (Å²) in [6, 6.07) is 0. The molecule has 0 N–H and O–H groups in total. The van der Waals surface area contributed by atoms with Crippen LogP contribution in [0, 0.1) is 0 Å². The number of hydrogen-bond donors (Lipinski definition) is 0. The Hall–Kier alpha value is -0.500. The molecule has 2 nitrogen and oxygen atoms in total. The van der Waals surface area contributed by atoms with Crippen molar-refractivity contribution in [1.82, 2.24) is 0 Å². The van der Waals surface area contributed by atoms with E-state index < -0.39 is 0 Å².